The van der Waals surface area contributed by atoms with Gasteiger partial charge < -0.3 is 14.4 Å². The molecule has 0 unspecified atom stereocenters. The maximum absolute atomic E-state index is 8.56. The normalized spacial score (nSPS) is 9.38. The first-order valence-corrected chi connectivity index (χ1v) is 5.03. The fourth-order valence-corrected chi connectivity index (χ4v) is 1.43. The van der Waals surface area contributed by atoms with Gasteiger partial charge in [-0.15, -0.1) is 0 Å². The van der Waals surface area contributed by atoms with Crippen LogP contribution in [0.4, 0.5) is 5.69 Å². The molecule has 0 heterocycles. The van der Waals surface area contributed by atoms with E-state index in [-0.39, 0.29) is 0 Å². The Kier molecular flexibility index (Phi) is 4.46. The van der Waals surface area contributed by atoms with Crippen LogP contribution in [0.3, 0.4) is 0 Å². The number of methoxy groups -OCH3 is 2. The monoisotopic (exact) mass is 220 g/mol. The van der Waals surface area contributed by atoms with Gasteiger partial charge in [0.2, 0.25) is 0 Å². The summed E-state index contributed by atoms with van der Waals surface area (Å²) < 4.78 is 10.4. The second kappa shape index (κ2) is 5.86. The van der Waals surface area contributed by atoms with E-state index in [1.165, 1.54) is 0 Å². The maximum Gasteiger partial charge on any atom is 0.142 e. The molecule has 0 spiro atoms. The van der Waals surface area contributed by atoms with Crippen molar-refractivity contribution in [3.8, 4) is 17.6 Å². The zero-order valence-electron chi connectivity index (χ0n) is 9.86. The van der Waals surface area contributed by atoms with Crippen LogP contribution in [0.15, 0.2) is 18.2 Å². The fraction of sp³-hybridized carbons (Fsp3) is 0.417. The largest absolute Gasteiger partial charge is 0.497 e. The molecular weight excluding hydrogens is 204 g/mol. The molecule has 0 amide bonds. The van der Waals surface area contributed by atoms with Crippen LogP contribution in [0.5, 0.6) is 11.5 Å². The summed E-state index contributed by atoms with van der Waals surface area (Å²) in [6.07, 6.45) is 0.483. The molecule has 0 aliphatic heterocycles. The molecule has 1 aromatic carbocycles. The van der Waals surface area contributed by atoms with Crippen molar-refractivity contribution in [2.45, 2.75) is 6.42 Å². The summed E-state index contributed by atoms with van der Waals surface area (Å²) >= 11 is 0. The lowest BCUT2D eigenvalue weighted by Gasteiger charge is -2.21. The quantitative estimate of drug-likeness (QED) is 0.762. The summed E-state index contributed by atoms with van der Waals surface area (Å²) in [5.74, 6) is 1.56. The SMILES string of the molecule is COc1ccc(OC)c(N(C)CCC#N)c1. The van der Waals surface area contributed by atoms with E-state index < -0.39 is 0 Å². The van der Waals surface area contributed by atoms with E-state index in [1.807, 2.05) is 30.1 Å². The van der Waals surface area contributed by atoms with Crippen LogP contribution in [-0.2, 0) is 0 Å². The van der Waals surface area contributed by atoms with Crippen molar-refractivity contribution in [1.82, 2.24) is 0 Å². The maximum atomic E-state index is 8.56. The summed E-state index contributed by atoms with van der Waals surface area (Å²) in [4.78, 5) is 1.98. The summed E-state index contributed by atoms with van der Waals surface area (Å²) in [5, 5.41) is 8.56. The average Bonchev–Trinajstić information content (AvgIpc) is 2.35. The predicted octanol–water partition coefficient (Wildman–Crippen LogP) is 2.05. The minimum atomic E-state index is 0.483. The molecule has 0 saturated carbocycles. The van der Waals surface area contributed by atoms with Crippen molar-refractivity contribution in [2.24, 2.45) is 0 Å². The van der Waals surface area contributed by atoms with E-state index in [0.29, 0.717) is 13.0 Å². The van der Waals surface area contributed by atoms with Gasteiger partial charge in [0.1, 0.15) is 11.5 Å². The molecule has 0 aromatic heterocycles. The van der Waals surface area contributed by atoms with Gasteiger partial charge in [-0.3, -0.25) is 0 Å². The number of nitrogens with zero attached hydrogens (tertiary/aromatic N) is 2. The van der Waals surface area contributed by atoms with Crippen LogP contribution in [0.1, 0.15) is 6.42 Å². The van der Waals surface area contributed by atoms with Gasteiger partial charge in [0.15, 0.2) is 0 Å². The molecule has 0 N–H and O–H groups in total. The molecular formula is C12H16N2O2. The first-order valence-electron chi connectivity index (χ1n) is 5.03. The fourth-order valence-electron chi connectivity index (χ4n) is 1.43. The Morgan fingerprint density at radius 3 is 2.62 bits per heavy atom. The molecule has 16 heavy (non-hydrogen) atoms. The van der Waals surface area contributed by atoms with Gasteiger partial charge in [0.05, 0.1) is 32.4 Å². The van der Waals surface area contributed by atoms with Crippen LogP contribution in [0, 0.1) is 11.3 Å². The van der Waals surface area contributed by atoms with E-state index in [4.69, 9.17) is 14.7 Å². The third-order valence-corrected chi connectivity index (χ3v) is 2.36. The molecule has 4 heteroatoms. The molecule has 0 bridgehead atoms. The van der Waals surface area contributed by atoms with Gasteiger partial charge >= 0.3 is 0 Å². The molecule has 0 fully saturated rings. The molecule has 1 aromatic rings. The molecule has 0 saturated heterocycles. The van der Waals surface area contributed by atoms with Crippen LogP contribution in [-0.4, -0.2) is 27.8 Å². The number of ether oxygens (including phenoxy) is 2. The summed E-state index contributed by atoms with van der Waals surface area (Å²) in [5.41, 5.74) is 0.928. The van der Waals surface area contributed by atoms with Gasteiger partial charge in [-0.2, -0.15) is 5.26 Å². The smallest absolute Gasteiger partial charge is 0.142 e. The lowest BCUT2D eigenvalue weighted by molar-refractivity contribution is 0.403. The zero-order valence-corrected chi connectivity index (χ0v) is 9.86. The molecule has 4 nitrogen and oxygen atoms in total. The number of rotatable bonds is 5. The van der Waals surface area contributed by atoms with Crippen molar-refractivity contribution in [1.29, 1.82) is 5.26 Å². The second-order valence-corrected chi connectivity index (χ2v) is 3.37. The Morgan fingerprint density at radius 1 is 1.31 bits per heavy atom. The van der Waals surface area contributed by atoms with E-state index in [2.05, 4.69) is 6.07 Å². The van der Waals surface area contributed by atoms with Crippen LogP contribution >= 0.6 is 0 Å². The summed E-state index contributed by atoms with van der Waals surface area (Å²) in [6.45, 7) is 0.667. The van der Waals surface area contributed by atoms with E-state index in [9.17, 15) is 0 Å². The van der Waals surface area contributed by atoms with Gasteiger partial charge in [-0.05, 0) is 12.1 Å². The lowest BCUT2D eigenvalue weighted by Crippen LogP contribution is -2.18. The molecule has 0 atom stereocenters. The Labute approximate surface area is 96.0 Å². The number of hydrogen-bond donors (Lipinski definition) is 0. The molecule has 86 valence electrons. The molecule has 0 radical (unpaired) electrons. The van der Waals surface area contributed by atoms with Crippen molar-refractivity contribution in [3.63, 3.8) is 0 Å². The van der Waals surface area contributed by atoms with E-state index in [0.717, 1.165) is 17.2 Å². The predicted molar refractivity (Wildman–Crippen MR) is 63.0 cm³/mol. The molecule has 1 rings (SSSR count). The highest BCUT2D eigenvalue weighted by Gasteiger charge is 2.09. The number of benzene rings is 1. The zero-order chi connectivity index (χ0) is 12.0. The Morgan fingerprint density at radius 2 is 2.06 bits per heavy atom. The van der Waals surface area contributed by atoms with Crippen molar-refractivity contribution >= 4 is 5.69 Å². The highest BCUT2D eigenvalue weighted by Crippen LogP contribution is 2.31. The van der Waals surface area contributed by atoms with Crippen molar-refractivity contribution in [2.75, 3.05) is 32.7 Å². The minimum Gasteiger partial charge on any atom is -0.497 e. The second-order valence-electron chi connectivity index (χ2n) is 3.37. The Bertz CT molecular complexity index is 385. The van der Waals surface area contributed by atoms with E-state index >= 15 is 0 Å². The highest BCUT2D eigenvalue weighted by molar-refractivity contribution is 5.61. The lowest BCUT2D eigenvalue weighted by atomic mass is 10.2. The summed E-state index contributed by atoms with van der Waals surface area (Å²) in [6, 6.07) is 7.73. The standard InChI is InChI=1S/C12H16N2O2/c1-14(8-4-7-13)11-9-10(15-2)5-6-12(11)16-3/h5-6,9H,4,8H2,1-3H3. The topological polar surface area (TPSA) is 45.5 Å². The van der Waals surface area contributed by atoms with Crippen LogP contribution in [0.2, 0.25) is 0 Å². The van der Waals surface area contributed by atoms with Gasteiger partial charge in [-0.25, -0.2) is 0 Å². The number of anilines is 1. The average molecular weight is 220 g/mol. The van der Waals surface area contributed by atoms with Crippen LogP contribution in [0.25, 0.3) is 0 Å². The van der Waals surface area contributed by atoms with Gasteiger partial charge in [0, 0.05) is 19.7 Å². The third-order valence-electron chi connectivity index (χ3n) is 2.36. The van der Waals surface area contributed by atoms with Crippen molar-refractivity contribution < 1.29 is 9.47 Å². The molecule has 0 aliphatic carbocycles. The Balaban J connectivity index is 2.94. The summed E-state index contributed by atoms with van der Waals surface area (Å²) in [7, 11) is 5.18. The Hall–Kier alpha value is -1.89. The van der Waals surface area contributed by atoms with Crippen LogP contribution < -0.4 is 14.4 Å². The van der Waals surface area contributed by atoms with Gasteiger partial charge in [0.25, 0.3) is 0 Å². The number of nitriles is 1. The van der Waals surface area contributed by atoms with E-state index in [1.54, 1.807) is 14.2 Å². The first kappa shape index (κ1) is 12.2. The number of hydrogen-bond acceptors (Lipinski definition) is 4. The van der Waals surface area contributed by atoms with Gasteiger partial charge in [-0.1, -0.05) is 0 Å². The first-order chi connectivity index (χ1) is 7.72. The molecule has 0 aliphatic rings. The highest BCUT2D eigenvalue weighted by atomic mass is 16.5. The third kappa shape index (κ3) is 2.80. The van der Waals surface area contributed by atoms with Crippen molar-refractivity contribution in [3.05, 3.63) is 18.2 Å². The minimum absolute atomic E-state index is 0.483.